The Morgan fingerprint density at radius 2 is 0.968 bits per heavy atom. The average molecular weight is 807 g/mol. The third-order valence-electron chi connectivity index (χ3n) is 13.2. The maximum atomic E-state index is 2.50. The van der Waals surface area contributed by atoms with E-state index >= 15 is 0 Å². The number of hydrogen-bond acceptors (Lipinski definition) is 2. The molecule has 0 bridgehead atoms. The van der Waals surface area contributed by atoms with Gasteiger partial charge < -0.3 is 9.47 Å². The molecule has 12 aromatic rings. The predicted molar refractivity (Wildman–Crippen MR) is 263 cm³/mol. The summed E-state index contributed by atoms with van der Waals surface area (Å²) in [4.78, 5) is 2.50. The second-order valence-electron chi connectivity index (χ2n) is 16.4. The zero-order valence-corrected chi connectivity index (χ0v) is 34.6. The van der Waals surface area contributed by atoms with Crippen molar-refractivity contribution in [2.75, 3.05) is 4.90 Å². The van der Waals surface area contributed by atoms with Crippen molar-refractivity contribution in [3.05, 3.63) is 253 Å². The van der Waals surface area contributed by atoms with Crippen molar-refractivity contribution in [3.63, 3.8) is 0 Å². The molecule has 0 fully saturated rings. The molecule has 0 atom stereocenters. The van der Waals surface area contributed by atoms with E-state index in [0.29, 0.717) is 0 Å². The first kappa shape index (κ1) is 35.1. The van der Waals surface area contributed by atoms with Crippen LogP contribution in [0.2, 0.25) is 0 Å². The summed E-state index contributed by atoms with van der Waals surface area (Å²) in [7, 11) is 0. The number of benzene rings is 10. The minimum absolute atomic E-state index is 0.621. The summed E-state index contributed by atoms with van der Waals surface area (Å²) < 4.78 is 5.02. The summed E-state index contributed by atoms with van der Waals surface area (Å²) in [5, 5.41) is 7.59. The maximum Gasteiger partial charge on any atom is 0.0756 e. The van der Waals surface area contributed by atoms with Crippen molar-refractivity contribution < 1.29 is 0 Å². The third-order valence-corrected chi connectivity index (χ3v) is 14.4. The average Bonchev–Trinajstić information content (AvgIpc) is 3.89. The Hall–Kier alpha value is -7.72. The van der Waals surface area contributed by atoms with Crippen LogP contribution >= 0.6 is 11.3 Å². The largest absolute Gasteiger partial charge is 0.310 e. The molecular weight excluding hydrogens is 769 g/mol. The quantitative estimate of drug-likeness (QED) is 0.168. The first-order chi connectivity index (χ1) is 30.8. The van der Waals surface area contributed by atoms with Gasteiger partial charge in [0.1, 0.15) is 0 Å². The van der Waals surface area contributed by atoms with Crippen molar-refractivity contribution in [2.24, 2.45) is 0 Å². The number of rotatable bonds is 5. The van der Waals surface area contributed by atoms with Crippen LogP contribution in [0.5, 0.6) is 0 Å². The summed E-state index contributed by atoms with van der Waals surface area (Å²) >= 11 is 1.91. The molecule has 62 heavy (non-hydrogen) atoms. The van der Waals surface area contributed by atoms with Gasteiger partial charge in [-0.15, -0.1) is 11.3 Å². The molecular formula is C59H38N2S. The van der Waals surface area contributed by atoms with E-state index in [4.69, 9.17) is 0 Å². The Labute approximate surface area is 363 Å². The fourth-order valence-electron chi connectivity index (χ4n) is 10.6. The molecule has 0 amide bonds. The van der Waals surface area contributed by atoms with Gasteiger partial charge in [0, 0.05) is 42.3 Å². The Balaban J connectivity index is 1.04. The van der Waals surface area contributed by atoms with Crippen LogP contribution in [0.15, 0.2) is 231 Å². The van der Waals surface area contributed by atoms with E-state index < -0.39 is 5.41 Å². The second kappa shape index (κ2) is 13.7. The predicted octanol–water partition coefficient (Wildman–Crippen LogP) is 16.1. The van der Waals surface area contributed by atoms with Crippen LogP contribution in [-0.4, -0.2) is 4.57 Å². The molecule has 0 radical (unpaired) electrons. The van der Waals surface area contributed by atoms with Crippen LogP contribution in [0.4, 0.5) is 17.1 Å². The molecule has 1 aliphatic rings. The van der Waals surface area contributed by atoms with Gasteiger partial charge in [0.05, 0.1) is 27.8 Å². The summed E-state index contributed by atoms with van der Waals surface area (Å²) in [5.74, 6) is 0. The highest BCUT2D eigenvalue weighted by Gasteiger charge is 2.47. The van der Waals surface area contributed by atoms with Gasteiger partial charge in [0.25, 0.3) is 0 Å². The number of thiophene rings is 1. The molecule has 2 nitrogen and oxygen atoms in total. The van der Waals surface area contributed by atoms with Crippen LogP contribution in [0.3, 0.4) is 0 Å². The molecule has 0 unspecified atom stereocenters. The van der Waals surface area contributed by atoms with E-state index in [9.17, 15) is 0 Å². The molecule has 0 spiro atoms. The Kier molecular flexibility index (Phi) is 7.72. The summed E-state index contributed by atoms with van der Waals surface area (Å²) in [6.07, 6.45) is 0. The highest BCUT2D eigenvalue weighted by Crippen LogP contribution is 2.60. The van der Waals surface area contributed by atoms with E-state index in [1.54, 1.807) is 0 Å². The molecule has 13 rings (SSSR count). The van der Waals surface area contributed by atoms with Crippen molar-refractivity contribution in [2.45, 2.75) is 5.41 Å². The van der Waals surface area contributed by atoms with Gasteiger partial charge in [0.2, 0.25) is 0 Å². The first-order valence-electron chi connectivity index (χ1n) is 21.3. The fourth-order valence-corrected chi connectivity index (χ4v) is 11.9. The summed E-state index contributed by atoms with van der Waals surface area (Å²) in [6.45, 7) is 0. The van der Waals surface area contributed by atoms with Crippen molar-refractivity contribution >= 4 is 81.1 Å². The minimum atomic E-state index is -0.621. The van der Waals surface area contributed by atoms with Crippen LogP contribution in [0.1, 0.15) is 22.3 Å². The molecule has 1 aliphatic heterocycles. The van der Waals surface area contributed by atoms with Crippen molar-refractivity contribution in [3.8, 4) is 16.8 Å². The number of fused-ring (bicyclic) bond motifs is 9. The minimum Gasteiger partial charge on any atom is -0.310 e. The molecule has 2 aromatic heterocycles. The molecule has 3 heteroatoms. The molecule has 0 aliphatic carbocycles. The zero-order valence-electron chi connectivity index (χ0n) is 33.7. The zero-order chi connectivity index (χ0) is 40.8. The van der Waals surface area contributed by atoms with Gasteiger partial charge in [-0.2, -0.15) is 0 Å². The van der Waals surface area contributed by atoms with E-state index in [-0.39, 0.29) is 0 Å². The lowest BCUT2D eigenvalue weighted by molar-refractivity contribution is 0.740. The first-order valence-corrected chi connectivity index (χ1v) is 22.2. The lowest BCUT2D eigenvalue weighted by Gasteiger charge is -2.46. The van der Waals surface area contributed by atoms with Crippen LogP contribution in [-0.2, 0) is 5.41 Å². The molecule has 3 heterocycles. The molecule has 0 saturated heterocycles. The van der Waals surface area contributed by atoms with Gasteiger partial charge in [-0.1, -0.05) is 164 Å². The standard InChI is InChI=1S/C59H38N2S/c1-2-19-44(20-3-1)60-53-28-10-6-22-46(53)49-38-42(33-35-54(49)60)41-18-14-21-45(37-41)61-55-29-11-8-25-50(55)59(51-26-9-12-30-56(51)61,43-34-32-39-16-4-5-17-40(39)36-43)52-27-15-24-48-47-23-7-13-31-57(47)62-58(48)52/h1-38H. The number of hydrogen-bond donors (Lipinski definition) is 0. The van der Waals surface area contributed by atoms with Gasteiger partial charge in [-0.3, -0.25) is 0 Å². The van der Waals surface area contributed by atoms with E-state index in [2.05, 4.69) is 240 Å². The molecule has 0 saturated carbocycles. The highest BCUT2D eigenvalue weighted by atomic mass is 32.1. The number of para-hydroxylation sites is 4. The van der Waals surface area contributed by atoms with Crippen LogP contribution < -0.4 is 4.90 Å². The summed E-state index contributed by atoms with van der Waals surface area (Å²) in [6, 6.07) is 85.5. The normalized spacial score (nSPS) is 13.3. The highest BCUT2D eigenvalue weighted by molar-refractivity contribution is 7.26. The second-order valence-corrected chi connectivity index (χ2v) is 17.5. The Bertz CT molecular complexity index is 3680. The fraction of sp³-hybridized carbons (Fsp3) is 0.0169. The number of anilines is 3. The van der Waals surface area contributed by atoms with E-state index in [1.807, 2.05) is 11.3 Å². The smallest absolute Gasteiger partial charge is 0.0756 e. The molecule has 0 N–H and O–H groups in total. The topological polar surface area (TPSA) is 8.17 Å². The van der Waals surface area contributed by atoms with Gasteiger partial charge in [-0.05, 0) is 111 Å². The monoisotopic (exact) mass is 806 g/mol. The van der Waals surface area contributed by atoms with Gasteiger partial charge in [-0.25, -0.2) is 0 Å². The molecule has 10 aromatic carbocycles. The number of nitrogens with zero attached hydrogens (tertiary/aromatic N) is 2. The summed E-state index contributed by atoms with van der Waals surface area (Å²) in [5.41, 5.74) is 13.9. The Morgan fingerprint density at radius 1 is 0.355 bits per heavy atom. The maximum absolute atomic E-state index is 2.50. The van der Waals surface area contributed by atoms with Crippen LogP contribution in [0.25, 0.3) is 69.6 Å². The van der Waals surface area contributed by atoms with E-state index in [1.165, 1.54) is 103 Å². The third kappa shape index (κ3) is 5.03. The van der Waals surface area contributed by atoms with Gasteiger partial charge >= 0.3 is 0 Å². The SMILES string of the molecule is c1ccc(-n2c3ccccc3c3cc(-c4cccc(N5c6ccccc6C(c6ccc7ccccc7c6)(c6cccc7c6sc6ccccc67)c6ccccc65)c4)ccc32)cc1. The van der Waals surface area contributed by atoms with Crippen LogP contribution in [0, 0.1) is 0 Å². The molecule has 290 valence electrons. The van der Waals surface area contributed by atoms with Gasteiger partial charge in [0.15, 0.2) is 0 Å². The lowest BCUT2D eigenvalue weighted by atomic mass is 9.62. The van der Waals surface area contributed by atoms with E-state index in [0.717, 1.165) is 5.69 Å². The lowest BCUT2D eigenvalue weighted by Crippen LogP contribution is -2.37. The number of aromatic nitrogens is 1. The Morgan fingerprint density at radius 3 is 1.81 bits per heavy atom. The van der Waals surface area contributed by atoms with Crippen molar-refractivity contribution in [1.29, 1.82) is 0 Å². The van der Waals surface area contributed by atoms with Crippen molar-refractivity contribution in [1.82, 2.24) is 4.57 Å².